The van der Waals surface area contributed by atoms with Gasteiger partial charge >= 0.3 is 0 Å². The smallest absolute Gasteiger partial charge is 0.266 e. The first-order chi connectivity index (χ1) is 18.1. The number of nitrogens with zero attached hydrogens (tertiary/aromatic N) is 3. The molecule has 0 spiro atoms. The summed E-state index contributed by atoms with van der Waals surface area (Å²) >= 11 is 0. The number of carbonyl (C=O) groups is 2. The van der Waals surface area contributed by atoms with Gasteiger partial charge in [0.2, 0.25) is 5.91 Å². The molecule has 0 bridgehead atoms. The topological polar surface area (TPSA) is 79.0 Å². The normalized spacial score (nSPS) is 25.1. The lowest BCUT2D eigenvalue weighted by atomic mass is 9.82. The van der Waals surface area contributed by atoms with E-state index in [9.17, 15) is 9.59 Å². The summed E-state index contributed by atoms with van der Waals surface area (Å²) in [4.78, 5) is 35.7. The number of piperidine rings is 1. The van der Waals surface area contributed by atoms with Crippen molar-refractivity contribution in [3.63, 3.8) is 0 Å². The van der Waals surface area contributed by atoms with Gasteiger partial charge in [0.1, 0.15) is 0 Å². The average molecular weight is 495 g/mol. The molecule has 6 heteroatoms. The zero-order valence-electron chi connectivity index (χ0n) is 21.1. The summed E-state index contributed by atoms with van der Waals surface area (Å²) in [6.07, 6.45) is 11.4. The van der Waals surface area contributed by atoms with Gasteiger partial charge in [-0.1, -0.05) is 84.5 Å². The van der Waals surface area contributed by atoms with E-state index in [1.54, 1.807) is 4.90 Å². The van der Waals surface area contributed by atoms with Gasteiger partial charge in [-0.25, -0.2) is 4.99 Å². The third kappa shape index (κ3) is 4.28. The van der Waals surface area contributed by atoms with Gasteiger partial charge in [-0.05, 0) is 55.1 Å². The second kappa shape index (κ2) is 9.66. The molecule has 2 heterocycles. The SMILES string of the molecule is NC1=NC(c2ccccc2)(c2ccccc2)C(=O)N1CC1CCN(C(=O)[C@@H]2CC2C2=CC=CCC2)CC1. The van der Waals surface area contributed by atoms with Crippen LogP contribution < -0.4 is 5.73 Å². The van der Waals surface area contributed by atoms with E-state index in [2.05, 4.69) is 18.2 Å². The number of allylic oxidation sites excluding steroid dienone is 4. The lowest BCUT2D eigenvalue weighted by Gasteiger charge is -2.34. The molecule has 0 aromatic heterocycles. The van der Waals surface area contributed by atoms with Crippen LogP contribution in [-0.2, 0) is 15.1 Å². The maximum absolute atomic E-state index is 14.0. The van der Waals surface area contributed by atoms with Crippen molar-refractivity contribution in [2.75, 3.05) is 19.6 Å². The van der Waals surface area contributed by atoms with Crippen LogP contribution in [0.1, 0.15) is 43.2 Å². The lowest BCUT2D eigenvalue weighted by molar-refractivity contribution is -0.135. The van der Waals surface area contributed by atoms with E-state index in [1.807, 2.05) is 65.6 Å². The molecule has 190 valence electrons. The summed E-state index contributed by atoms with van der Waals surface area (Å²) in [6, 6.07) is 19.4. The number of hydrogen-bond donors (Lipinski definition) is 1. The number of rotatable bonds is 6. The van der Waals surface area contributed by atoms with E-state index >= 15 is 0 Å². The Morgan fingerprint density at radius 2 is 1.65 bits per heavy atom. The molecule has 2 fully saturated rings. The molecule has 1 saturated carbocycles. The predicted molar refractivity (Wildman–Crippen MR) is 144 cm³/mol. The first-order valence-electron chi connectivity index (χ1n) is 13.5. The summed E-state index contributed by atoms with van der Waals surface area (Å²) < 4.78 is 0. The molecule has 2 aliphatic heterocycles. The van der Waals surface area contributed by atoms with Crippen molar-refractivity contribution in [3.05, 3.63) is 95.6 Å². The molecule has 2 aromatic carbocycles. The monoisotopic (exact) mass is 494 g/mol. The molecule has 0 radical (unpaired) electrons. The van der Waals surface area contributed by atoms with Gasteiger partial charge in [-0.15, -0.1) is 0 Å². The number of carbonyl (C=O) groups excluding carboxylic acids is 2. The molecular formula is C31H34N4O2. The molecule has 2 N–H and O–H groups in total. The van der Waals surface area contributed by atoms with Gasteiger partial charge in [0.25, 0.3) is 5.91 Å². The van der Waals surface area contributed by atoms with E-state index in [-0.39, 0.29) is 23.7 Å². The minimum atomic E-state index is -1.16. The summed E-state index contributed by atoms with van der Waals surface area (Å²) in [7, 11) is 0. The fourth-order valence-corrected chi connectivity index (χ4v) is 6.29. The lowest BCUT2D eigenvalue weighted by Crippen LogP contribution is -2.48. The van der Waals surface area contributed by atoms with Crippen LogP contribution in [0.3, 0.4) is 0 Å². The molecule has 37 heavy (non-hydrogen) atoms. The molecule has 1 saturated heterocycles. The minimum absolute atomic E-state index is 0.100. The highest BCUT2D eigenvalue weighted by molar-refractivity contribution is 6.09. The zero-order valence-corrected chi connectivity index (χ0v) is 21.1. The van der Waals surface area contributed by atoms with Crippen LogP contribution in [0.4, 0.5) is 0 Å². The Hall–Kier alpha value is -3.67. The van der Waals surface area contributed by atoms with Crippen LogP contribution in [0.25, 0.3) is 0 Å². The highest BCUT2D eigenvalue weighted by Crippen LogP contribution is 2.48. The Morgan fingerprint density at radius 1 is 1.00 bits per heavy atom. The maximum atomic E-state index is 14.0. The highest BCUT2D eigenvalue weighted by atomic mass is 16.2. The number of nitrogens with two attached hydrogens (primary N) is 1. The number of likely N-dealkylation sites (tertiary alicyclic amines) is 1. The van der Waals surface area contributed by atoms with Crippen molar-refractivity contribution in [1.82, 2.24) is 9.80 Å². The number of hydrogen-bond acceptors (Lipinski definition) is 4. The number of amides is 2. The predicted octanol–water partition coefficient (Wildman–Crippen LogP) is 4.24. The van der Waals surface area contributed by atoms with Crippen molar-refractivity contribution in [2.45, 2.75) is 37.6 Å². The van der Waals surface area contributed by atoms with E-state index < -0.39 is 5.54 Å². The summed E-state index contributed by atoms with van der Waals surface area (Å²) in [5.41, 5.74) is 8.35. The van der Waals surface area contributed by atoms with Crippen LogP contribution in [0, 0.1) is 17.8 Å². The third-order valence-electron chi connectivity index (χ3n) is 8.49. The minimum Gasteiger partial charge on any atom is -0.369 e. The quantitative estimate of drug-likeness (QED) is 0.653. The van der Waals surface area contributed by atoms with Crippen LogP contribution in [0.5, 0.6) is 0 Å². The number of guanidine groups is 1. The first-order valence-corrected chi connectivity index (χ1v) is 13.5. The number of benzene rings is 2. The van der Waals surface area contributed by atoms with Gasteiger partial charge in [-0.2, -0.15) is 0 Å². The van der Waals surface area contributed by atoms with Gasteiger partial charge in [0.05, 0.1) is 0 Å². The number of aliphatic imine (C=N–C) groups is 1. The largest absolute Gasteiger partial charge is 0.369 e. The standard InChI is InChI=1S/C31H34N4O2/c32-30-33-31(24-12-6-2-7-13-24,25-14-8-3-9-15-25)29(37)35(30)21-22-16-18-34(19-17-22)28(36)27-20-26(27)23-10-4-1-5-11-23/h1-4,6-10,12-15,22,26-27H,5,11,16-21H2,(H2,32,33)/t26?,27-/m1/s1. The molecule has 2 aliphatic carbocycles. The van der Waals surface area contributed by atoms with E-state index in [1.165, 1.54) is 5.57 Å². The molecule has 1 unspecified atom stereocenters. The first kappa shape index (κ1) is 23.7. The van der Waals surface area contributed by atoms with Crippen molar-refractivity contribution in [1.29, 1.82) is 0 Å². The van der Waals surface area contributed by atoms with E-state index in [4.69, 9.17) is 10.7 Å². The van der Waals surface area contributed by atoms with Gasteiger partial charge in [0, 0.05) is 25.6 Å². The highest BCUT2D eigenvalue weighted by Gasteiger charge is 2.51. The van der Waals surface area contributed by atoms with Crippen molar-refractivity contribution >= 4 is 17.8 Å². The second-order valence-corrected chi connectivity index (χ2v) is 10.8. The molecule has 2 aromatic rings. The second-order valence-electron chi connectivity index (χ2n) is 10.8. The van der Waals surface area contributed by atoms with Crippen LogP contribution in [0.15, 0.2) is 89.5 Å². The van der Waals surface area contributed by atoms with Crippen LogP contribution >= 0.6 is 0 Å². The van der Waals surface area contributed by atoms with Crippen molar-refractivity contribution < 1.29 is 9.59 Å². The van der Waals surface area contributed by atoms with Gasteiger partial charge < -0.3 is 10.6 Å². The molecule has 4 aliphatic rings. The van der Waals surface area contributed by atoms with E-state index in [0.717, 1.165) is 56.3 Å². The van der Waals surface area contributed by atoms with Crippen molar-refractivity contribution in [2.24, 2.45) is 28.5 Å². The molecule has 2 amide bonds. The Balaban J connectivity index is 1.12. The van der Waals surface area contributed by atoms with Crippen molar-refractivity contribution in [3.8, 4) is 0 Å². The maximum Gasteiger partial charge on any atom is 0.266 e. The Bertz CT molecular complexity index is 1220. The Morgan fingerprint density at radius 3 is 2.24 bits per heavy atom. The molecule has 6 nitrogen and oxygen atoms in total. The average Bonchev–Trinajstić information content (AvgIpc) is 3.72. The van der Waals surface area contributed by atoms with Crippen LogP contribution in [0.2, 0.25) is 0 Å². The van der Waals surface area contributed by atoms with Crippen LogP contribution in [-0.4, -0.2) is 47.2 Å². The third-order valence-corrected chi connectivity index (χ3v) is 8.49. The summed E-state index contributed by atoms with van der Waals surface area (Å²) in [6.45, 7) is 2.02. The zero-order chi connectivity index (χ0) is 25.4. The Kier molecular flexibility index (Phi) is 6.19. The Labute approximate surface area is 218 Å². The van der Waals surface area contributed by atoms with Gasteiger partial charge in [0.15, 0.2) is 11.5 Å². The fourth-order valence-electron chi connectivity index (χ4n) is 6.29. The molecular weight excluding hydrogens is 460 g/mol. The molecule has 6 rings (SSSR count). The summed E-state index contributed by atoms with van der Waals surface area (Å²) in [5.74, 6) is 1.37. The fraction of sp³-hybridized carbons (Fsp3) is 0.387. The molecule has 2 atom stereocenters. The summed E-state index contributed by atoms with van der Waals surface area (Å²) in [5, 5.41) is 0. The van der Waals surface area contributed by atoms with E-state index in [0.29, 0.717) is 18.4 Å². The van der Waals surface area contributed by atoms with Gasteiger partial charge in [-0.3, -0.25) is 14.5 Å².